The predicted octanol–water partition coefficient (Wildman–Crippen LogP) is 3.26. The van der Waals surface area contributed by atoms with Crippen LogP contribution in [0.2, 0.25) is 0 Å². The minimum atomic E-state index is 0.306. The first kappa shape index (κ1) is 15.0. The van der Waals surface area contributed by atoms with E-state index in [9.17, 15) is 0 Å². The summed E-state index contributed by atoms with van der Waals surface area (Å²) in [5.74, 6) is 0.859. The van der Waals surface area contributed by atoms with Crippen molar-refractivity contribution in [3.05, 3.63) is 0 Å². The van der Waals surface area contributed by atoms with Crippen LogP contribution in [0.3, 0.4) is 0 Å². The van der Waals surface area contributed by atoms with E-state index in [0.29, 0.717) is 5.41 Å². The molecule has 0 aromatic rings. The topological polar surface area (TPSA) is 29.3 Å². The maximum atomic E-state index is 5.98. The summed E-state index contributed by atoms with van der Waals surface area (Å²) >= 11 is 0. The van der Waals surface area contributed by atoms with Crippen LogP contribution in [0, 0.1) is 11.3 Å². The molecule has 0 aromatic heterocycles. The molecule has 1 aliphatic carbocycles. The zero-order valence-electron chi connectivity index (χ0n) is 12.3. The van der Waals surface area contributed by atoms with Gasteiger partial charge in [-0.1, -0.05) is 40.0 Å². The second-order valence-corrected chi connectivity index (χ2v) is 6.51. The fourth-order valence-electron chi connectivity index (χ4n) is 3.52. The van der Waals surface area contributed by atoms with Gasteiger partial charge in [-0.05, 0) is 44.2 Å². The highest BCUT2D eigenvalue weighted by Crippen LogP contribution is 2.30. The van der Waals surface area contributed by atoms with Gasteiger partial charge in [-0.2, -0.15) is 0 Å². The summed E-state index contributed by atoms with van der Waals surface area (Å²) in [6.07, 6.45) is 8.10. The SMILES string of the molecule is CCCC(C)(CN)CN(C)C1CCCCC1C. The van der Waals surface area contributed by atoms with Crippen molar-refractivity contribution in [2.75, 3.05) is 20.1 Å². The molecule has 3 unspecified atom stereocenters. The first-order valence-electron chi connectivity index (χ1n) is 7.42. The summed E-state index contributed by atoms with van der Waals surface area (Å²) in [4.78, 5) is 2.59. The third-order valence-corrected chi connectivity index (χ3v) is 4.61. The van der Waals surface area contributed by atoms with Gasteiger partial charge in [-0.3, -0.25) is 0 Å². The van der Waals surface area contributed by atoms with E-state index >= 15 is 0 Å². The molecular formula is C15H32N2. The fraction of sp³-hybridized carbons (Fsp3) is 1.00. The highest BCUT2D eigenvalue weighted by molar-refractivity contribution is 4.85. The number of hydrogen-bond donors (Lipinski definition) is 1. The highest BCUT2D eigenvalue weighted by Gasteiger charge is 2.30. The quantitative estimate of drug-likeness (QED) is 0.772. The largest absolute Gasteiger partial charge is 0.330 e. The van der Waals surface area contributed by atoms with Gasteiger partial charge >= 0.3 is 0 Å². The molecule has 1 aliphatic rings. The Kier molecular flexibility index (Phi) is 5.94. The number of nitrogens with two attached hydrogens (primary N) is 1. The molecule has 17 heavy (non-hydrogen) atoms. The molecular weight excluding hydrogens is 208 g/mol. The number of nitrogens with zero attached hydrogens (tertiary/aromatic N) is 1. The van der Waals surface area contributed by atoms with Crippen LogP contribution in [0.1, 0.15) is 59.3 Å². The van der Waals surface area contributed by atoms with E-state index in [1.54, 1.807) is 0 Å². The molecule has 0 radical (unpaired) electrons. The van der Waals surface area contributed by atoms with Crippen LogP contribution in [-0.4, -0.2) is 31.1 Å². The molecule has 0 bridgehead atoms. The smallest absolute Gasteiger partial charge is 0.0118 e. The molecule has 3 atom stereocenters. The van der Waals surface area contributed by atoms with Crippen molar-refractivity contribution in [1.82, 2.24) is 4.90 Å². The minimum Gasteiger partial charge on any atom is -0.330 e. The van der Waals surface area contributed by atoms with Gasteiger partial charge in [0.15, 0.2) is 0 Å². The molecule has 2 heteroatoms. The summed E-state index contributed by atoms with van der Waals surface area (Å²) in [5, 5.41) is 0. The molecule has 2 nitrogen and oxygen atoms in total. The van der Waals surface area contributed by atoms with Gasteiger partial charge in [0, 0.05) is 12.6 Å². The molecule has 102 valence electrons. The van der Waals surface area contributed by atoms with Gasteiger partial charge in [-0.25, -0.2) is 0 Å². The summed E-state index contributed by atoms with van der Waals surface area (Å²) in [6.45, 7) is 9.00. The Morgan fingerprint density at radius 2 is 1.94 bits per heavy atom. The van der Waals surface area contributed by atoms with Crippen molar-refractivity contribution in [2.24, 2.45) is 17.1 Å². The van der Waals surface area contributed by atoms with Crippen LogP contribution < -0.4 is 5.73 Å². The van der Waals surface area contributed by atoms with Gasteiger partial charge in [-0.15, -0.1) is 0 Å². The van der Waals surface area contributed by atoms with Crippen molar-refractivity contribution in [3.8, 4) is 0 Å². The predicted molar refractivity (Wildman–Crippen MR) is 76.1 cm³/mol. The van der Waals surface area contributed by atoms with Gasteiger partial charge in [0.2, 0.25) is 0 Å². The Bertz CT molecular complexity index is 217. The molecule has 0 aromatic carbocycles. The Balaban J connectivity index is 2.53. The van der Waals surface area contributed by atoms with Crippen LogP contribution in [-0.2, 0) is 0 Å². The second-order valence-electron chi connectivity index (χ2n) is 6.51. The molecule has 0 aliphatic heterocycles. The number of hydrogen-bond acceptors (Lipinski definition) is 2. The van der Waals surface area contributed by atoms with E-state index in [-0.39, 0.29) is 0 Å². The van der Waals surface area contributed by atoms with Gasteiger partial charge in [0.05, 0.1) is 0 Å². The average molecular weight is 240 g/mol. The van der Waals surface area contributed by atoms with Gasteiger partial charge < -0.3 is 10.6 Å². The fourth-order valence-corrected chi connectivity index (χ4v) is 3.52. The van der Waals surface area contributed by atoms with Crippen molar-refractivity contribution < 1.29 is 0 Å². The standard InChI is InChI=1S/C15H32N2/c1-5-10-15(3,11-16)12-17(4)14-9-7-6-8-13(14)2/h13-14H,5-12,16H2,1-4H3. The average Bonchev–Trinajstić information content (AvgIpc) is 2.29. The maximum Gasteiger partial charge on any atom is 0.0118 e. The van der Waals surface area contributed by atoms with Crippen molar-refractivity contribution in [3.63, 3.8) is 0 Å². The summed E-state index contributed by atoms with van der Waals surface area (Å²) < 4.78 is 0. The monoisotopic (exact) mass is 240 g/mol. The lowest BCUT2D eigenvalue weighted by molar-refractivity contribution is 0.0891. The zero-order valence-corrected chi connectivity index (χ0v) is 12.3. The van der Waals surface area contributed by atoms with E-state index in [2.05, 4.69) is 32.7 Å². The number of rotatable bonds is 6. The molecule has 0 spiro atoms. The molecule has 1 saturated carbocycles. The Morgan fingerprint density at radius 3 is 2.47 bits per heavy atom. The van der Waals surface area contributed by atoms with E-state index in [4.69, 9.17) is 5.73 Å². The van der Waals surface area contributed by atoms with E-state index in [1.165, 1.54) is 38.5 Å². The van der Waals surface area contributed by atoms with Crippen LogP contribution in [0.5, 0.6) is 0 Å². The molecule has 0 heterocycles. The third kappa shape index (κ3) is 4.26. The zero-order chi connectivity index (χ0) is 12.9. The minimum absolute atomic E-state index is 0.306. The van der Waals surface area contributed by atoms with Gasteiger partial charge in [0.1, 0.15) is 0 Å². The lowest BCUT2D eigenvalue weighted by atomic mass is 9.81. The lowest BCUT2D eigenvalue weighted by Crippen LogP contribution is -2.46. The van der Waals surface area contributed by atoms with Crippen molar-refractivity contribution in [2.45, 2.75) is 65.3 Å². The lowest BCUT2D eigenvalue weighted by Gasteiger charge is -2.41. The molecule has 0 amide bonds. The summed E-state index contributed by atoms with van der Waals surface area (Å²) in [6, 6.07) is 0.784. The van der Waals surface area contributed by atoms with E-state index in [0.717, 1.165) is 25.0 Å². The Labute approximate surface area is 108 Å². The molecule has 1 fully saturated rings. The first-order valence-corrected chi connectivity index (χ1v) is 7.42. The van der Waals surface area contributed by atoms with Crippen LogP contribution in [0.4, 0.5) is 0 Å². The Hall–Kier alpha value is -0.0800. The molecule has 2 N–H and O–H groups in total. The molecule has 1 rings (SSSR count). The first-order chi connectivity index (χ1) is 8.02. The second kappa shape index (κ2) is 6.75. The van der Waals surface area contributed by atoms with Crippen LogP contribution in [0.15, 0.2) is 0 Å². The third-order valence-electron chi connectivity index (χ3n) is 4.61. The van der Waals surface area contributed by atoms with E-state index in [1.807, 2.05) is 0 Å². The maximum absolute atomic E-state index is 5.98. The van der Waals surface area contributed by atoms with Crippen LogP contribution in [0.25, 0.3) is 0 Å². The van der Waals surface area contributed by atoms with Crippen LogP contribution >= 0.6 is 0 Å². The van der Waals surface area contributed by atoms with E-state index < -0.39 is 0 Å². The normalized spacial score (nSPS) is 29.3. The van der Waals surface area contributed by atoms with Crippen molar-refractivity contribution >= 4 is 0 Å². The Morgan fingerprint density at radius 1 is 1.29 bits per heavy atom. The summed E-state index contributed by atoms with van der Waals surface area (Å²) in [5.41, 5.74) is 6.29. The van der Waals surface area contributed by atoms with Gasteiger partial charge in [0.25, 0.3) is 0 Å². The summed E-state index contributed by atoms with van der Waals surface area (Å²) in [7, 11) is 2.30. The highest BCUT2D eigenvalue weighted by atomic mass is 15.1. The molecule has 0 saturated heterocycles. The van der Waals surface area contributed by atoms with Crippen molar-refractivity contribution in [1.29, 1.82) is 0 Å².